The Morgan fingerprint density at radius 2 is 1.77 bits per heavy atom. The lowest BCUT2D eigenvalue weighted by atomic mass is 9.96. The first-order valence-electron chi connectivity index (χ1n) is 6.09. The van der Waals surface area contributed by atoms with Gasteiger partial charge in [-0.25, -0.2) is 8.42 Å². The maximum atomic E-state index is 12.7. The fourth-order valence-electron chi connectivity index (χ4n) is 2.37. The van der Waals surface area contributed by atoms with Crippen LogP contribution in [0.1, 0.15) is 6.92 Å². The molecule has 0 saturated carbocycles. The van der Waals surface area contributed by atoms with E-state index < -0.39 is 40.3 Å². The molecule has 2 rings (SSSR count). The topological polar surface area (TPSA) is 115 Å². The Hall–Kier alpha value is -0.900. The quantitative estimate of drug-likeness (QED) is 0.716. The van der Waals surface area contributed by atoms with Crippen LogP contribution in [0, 0.1) is 0 Å². The third-order valence-corrected chi connectivity index (χ3v) is 6.04. The third kappa shape index (κ3) is 2.60. The van der Waals surface area contributed by atoms with Crippen molar-refractivity contribution < 1.29 is 28.5 Å². The highest BCUT2D eigenvalue weighted by Crippen LogP contribution is 2.36. The normalized spacial score (nSPS) is 29.7. The number of hydrogen-bond acceptors (Lipinski definition) is 5. The summed E-state index contributed by atoms with van der Waals surface area (Å²) < 4.78 is 25.9. The summed E-state index contributed by atoms with van der Waals surface area (Å²) >= 11 is 11.5. The molecular formula is C12H13Cl2NO6S. The number of carbonyl (C=O) groups is 1. The zero-order valence-corrected chi connectivity index (χ0v) is 13.6. The summed E-state index contributed by atoms with van der Waals surface area (Å²) in [7, 11) is -4.34. The third-order valence-electron chi connectivity index (χ3n) is 3.67. The Morgan fingerprint density at radius 3 is 2.23 bits per heavy atom. The Bertz CT molecular complexity index is 704. The number of rotatable bonds is 3. The number of aliphatic hydroxyl groups is 2. The maximum Gasteiger partial charge on any atom is 0.327 e. The summed E-state index contributed by atoms with van der Waals surface area (Å²) in [5, 5.41) is 29.0. The van der Waals surface area contributed by atoms with Gasteiger partial charge in [-0.3, -0.25) is 4.79 Å². The van der Waals surface area contributed by atoms with E-state index in [1.54, 1.807) is 0 Å². The van der Waals surface area contributed by atoms with E-state index in [0.717, 1.165) is 19.1 Å². The fraction of sp³-hybridized carbons (Fsp3) is 0.417. The molecule has 0 aliphatic carbocycles. The molecule has 1 aromatic rings. The van der Waals surface area contributed by atoms with Gasteiger partial charge in [0.25, 0.3) is 0 Å². The highest BCUT2D eigenvalue weighted by Gasteiger charge is 2.59. The number of aliphatic hydroxyl groups excluding tert-OH is 2. The number of sulfonamides is 1. The van der Waals surface area contributed by atoms with Crippen LogP contribution in [0.4, 0.5) is 0 Å². The van der Waals surface area contributed by atoms with Crippen molar-refractivity contribution in [2.45, 2.75) is 29.6 Å². The van der Waals surface area contributed by atoms with Crippen LogP contribution >= 0.6 is 23.2 Å². The summed E-state index contributed by atoms with van der Waals surface area (Å²) in [4.78, 5) is 11.2. The smallest absolute Gasteiger partial charge is 0.327 e. The number of hydrogen-bond donors (Lipinski definition) is 3. The average molecular weight is 370 g/mol. The predicted octanol–water partition coefficient (Wildman–Crippen LogP) is 0.563. The summed E-state index contributed by atoms with van der Waals surface area (Å²) in [5.74, 6) is -1.58. The minimum atomic E-state index is -4.34. The lowest BCUT2D eigenvalue weighted by Gasteiger charge is -2.32. The molecular weight excluding hydrogens is 357 g/mol. The van der Waals surface area contributed by atoms with E-state index in [1.807, 2.05) is 0 Å². The van der Waals surface area contributed by atoms with Gasteiger partial charge in [0, 0.05) is 16.6 Å². The summed E-state index contributed by atoms with van der Waals surface area (Å²) in [6, 6.07) is 3.55. The van der Waals surface area contributed by atoms with E-state index >= 15 is 0 Å². The molecule has 0 radical (unpaired) electrons. The first kappa shape index (κ1) is 17.5. The monoisotopic (exact) mass is 369 g/mol. The van der Waals surface area contributed by atoms with Crippen molar-refractivity contribution in [1.29, 1.82) is 0 Å². The minimum Gasteiger partial charge on any atom is -0.480 e. The van der Waals surface area contributed by atoms with Crippen molar-refractivity contribution in [3.8, 4) is 0 Å². The molecule has 3 atom stereocenters. The zero-order chi connectivity index (χ0) is 16.9. The second-order valence-corrected chi connectivity index (χ2v) is 7.84. The van der Waals surface area contributed by atoms with Crippen LogP contribution in [0.2, 0.25) is 10.0 Å². The molecule has 0 bridgehead atoms. The van der Waals surface area contributed by atoms with Gasteiger partial charge in [-0.2, -0.15) is 4.31 Å². The summed E-state index contributed by atoms with van der Waals surface area (Å²) in [6.07, 6.45) is -3.29. The molecule has 1 fully saturated rings. The second kappa shape index (κ2) is 5.63. The molecule has 10 heteroatoms. The van der Waals surface area contributed by atoms with E-state index in [4.69, 9.17) is 23.2 Å². The molecule has 3 N–H and O–H groups in total. The van der Waals surface area contributed by atoms with E-state index in [-0.39, 0.29) is 14.9 Å². The van der Waals surface area contributed by atoms with Gasteiger partial charge in [0.05, 0.1) is 11.0 Å². The number of halogens is 2. The molecule has 1 aromatic carbocycles. The lowest BCUT2D eigenvalue weighted by Crippen LogP contribution is -2.56. The molecule has 0 unspecified atom stereocenters. The van der Waals surface area contributed by atoms with Crippen LogP contribution in [-0.4, -0.2) is 58.3 Å². The van der Waals surface area contributed by atoms with Gasteiger partial charge in [0.15, 0.2) is 5.54 Å². The Balaban J connectivity index is 2.59. The average Bonchev–Trinajstić information content (AvgIpc) is 2.64. The Morgan fingerprint density at radius 1 is 1.27 bits per heavy atom. The molecule has 0 spiro atoms. The fourth-order valence-corrected chi connectivity index (χ4v) is 4.86. The van der Waals surface area contributed by atoms with Gasteiger partial charge in [-0.05, 0) is 25.1 Å². The lowest BCUT2D eigenvalue weighted by molar-refractivity contribution is -0.151. The van der Waals surface area contributed by atoms with Crippen LogP contribution in [0.3, 0.4) is 0 Å². The van der Waals surface area contributed by atoms with Crippen LogP contribution in [0.15, 0.2) is 23.1 Å². The van der Waals surface area contributed by atoms with E-state index in [0.29, 0.717) is 4.31 Å². The highest BCUT2D eigenvalue weighted by atomic mass is 35.5. The van der Waals surface area contributed by atoms with E-state index in [9.17, 15) is 28.5 Å². The Kier molecular flexibility index (Phi) is 4.46. The minimum absolute atomic E-state index is 0.0587. The van der Waals surface area contributed by atoms with Crippen molar-refractivity contribution in [1.82, 2.24) is 4.31 Å². The second-order valence-electron chi connectivity index (χ2n) is 5.11. The molecule has 1 aliphatic rings. The molecule has 1 aliphatic heterocycles. The molecule has 22 heavy (non-hydrogen) atoms. The standard InChI is InChI=1S/C12H13Cl2NO6S/c1-12(11(18)19)10(17)9(16)5-15(12)22(20,21)8-3-6(13)2-7(14)4-8/h2-4,9-10,16-17H,5H2,1H3,(H,18,19)/t9-,10-,12+/m1/s1. The van der Waals surface area contributed by atoms with Crippen LogP contribution < -0.4 is 0 Å². The van der Waals surface area contributed by atoms with Gasteiger partial charge in [0.1, 0.15) is 6.10 Å². The number of carboxylic acids is 1. The highest BCUT2D eigenvalue weighted by molar-refractivity contribution is 7.89. The van der Waals surface area contributed by atoms with Gasteiger partial charge >= 0.3 is 5.97 Å². The van der Waals surface area contributed by atoms with E-state index in [2.05, 4.69) is 0 Å². The van der Waals surface area contributed by atoms with Gasteiger partial charge in [-0.15, -0.1) is 0 Å². The first-order chi connectivity index (χ1) is 10.0. The molecule has 1 heterocycles. The maximum absolute atomic E-state index is 12.7. The molecule has 1 saturated heterocycles. The van der Waals surface area contributed by atoms with Crippen molar-refractivity contribution in [3.05, 3.63) is 28.2 Å². The first-order valence-corrected chi connectivity index (χ1v) is 8.29. The molecule has 122 valence electrons. The number of aliphatic carboxylic acids is 1. The summed E-state index contributed by atoms with van der Waals surface area (Å²) in [5.41, 5.74) is -2.20. The largest absolute Gasteiger partial charge is 0.480 e. The molecule has 0 aromatic heterocycles. The zero-order valence-electron chi connectivity index (χ0n) is 11.3. The summed E-state index contributed by atoms with van der Waals surface area (Å²) in [6.45, 7) is 0.469. The van der Waals surface area contributed by atoms with Gasteiger partial charge in [-0.1, -0.05) is 23.2 Å². The van der Waals surface area contributed by atoms with Crippen LogP contribution in [0.25, 0.3) is 0 Å². The van der Waals surface area contributed by atoms with Crippen LogP contribution in [0.5, 0.6) is 0 Å². The molecule has 7 nitrogen and oxygen atoms in total. The SMILES string of the molecule is C[C@@]1(C(=O)O)[C@H](O)[C@H](O)CN1S(=O)(=O)c1cc(Cl)cc(Cl)c1. The van der Waals surface area contributed by atoms with Gasteiger partial charge in [0.2, 0.25) is 10.0 Å². The number of benzene rings is 1. The van der Waals surface area contributed by atoms with Gasteiger partial charge < -0.3 is 15.3 Å². The predicted molar refractivity (Wildman–Crippen MR) is 78.4 cm³/mol. The van der Waals surface area contributed by atoms with Crippen LogP contribution in [-0.2, 0) is 14.8 Å². The van der Waals surface area contributed by atoms with E-state index in [1.165, 1.54) is 6.07 Å². The number of β-amino-alcohol motifs (C(OH)–C–C–N with tert-alkyl or cyclic N) is 1. The van der Waals surface area contributed by atoms with Crippen molar-refractivity contribution in [3.63, 3.8) is 0 Å². The Labute approximate surface area is 136 Å². The number of carboxylic acid groups (broad SMARTS) is 1. The number of nitrogens with zero attached hydrogens (tertiary/aromatic N) is 1. The van der Waals surface area contributed by atoms with Crippen molar-refractivity contribution in [2.75, 3.05) is 6.54 Å². The van der Waals surface area contributed by atoms with Crippen molar-refractivity contribution in [2.24, 2.45) is 0 Å². The molecule has 0 amide bonds. The van der Waals surface area contributed by atoms with Crippen molar-refractivity contribution >= 4 is 39.2 Å².